The molecule has 0 bridgehead atoms. The number of aliphatic carboxylic acids is 1. The van der Waals surface area contributed by atoms with E-state index in [1.54, 1.807) is 0 Å². The molecule has 0 heterocycles. The molecule has 0 saturated heterocycles. The van der Waals surface area contributed by atoms with Crippen molar-refractivity contribution in [2.24, 2.45) is 0 Å². The predicted octanol–water partition coefficient (Wildman–Crippen LogP) is 2.65. The minimum atomic E-state index is -0.709. The highest BCUT2D eigenvalue weighted by atomic mass is 16.4. The van der Waals surface area contributed by atoms with E-state index in [0.29, 0.717) is 0 Å². The number of carboxylic acid groups (broad SMARTS) is 1. The Morgan fingerprint density at radius 1 is 1.29 bits per heavy atom. The van der Waals surface area contributed by atoms with Crippen LogP contribution in [-0.2, 0) is 11.3 Å². The van der Waals surface area contributed by atoms with Crippen LogP contribution in [0.5, 0.6) is 0 Å². The topological polar surface area (TPSA) is 49.3 Å². The van der Waals surface area contributed by atoms with Crippen molar-refractivity contribution < 1.29 is 9.90 Å². The quantitative estimate of drug-likeness (QED) is 0.714. The Kier molecular flexibility index (Phi) is 5.70. The maximum Gasteiger partial charge on any atom is 0.303 e. The van der Waals surface area contributed by atoms with Gasteiger partial charge in [-0.2, -0.15) is 0 Å². The summed E-state index contributed by atoms with van der Waals surface area (Å²) >= 11 is 0. The lowest BCUT2D eigenvalue weighted by atomic mass is 10.1. The maximum absolute atomic E-state index is 10.3. The monoisotopic (exact) mass is 235 g/mol. The van der Waals surface area contributed by atoms with Gasteiger partial charge in [0.1, 0.15) is 0 Å². The SMILES string of the molecule is Cc1ccc(CNCCCCC(=O)O)c(C)c1. The molecule has 0 saturated carbocycles. The van der Waals surface area contributed by atoms with Gasteiger partial charge in [-0.1, -0.05) is 23.8 Å². The number of carbonyl (C=O) groups is 1. The van der Waals surface area contributed by atoms with E-state index in [1.165, 1.54) is 16.7 Å². The number of benzene rings is 1. The second-order valence-electron chi connectivity index (χ2n) is 4.46. The first-order chi connectivity index (χ1) is 8.09. The summed E-state index contributed by atoms with van der Waals surface area (Å²) in [6.45, 7) is 5.95. The minimum absolute atomic E-state index is 0.269. The fourth-order valence-corrected chi connectivity index (χ4v) is 1.79. The Morgan fingerprint density at radius 3 is 2.71 bits per heavy atom. The maximum atomic E-state index is 10.3. The molecule has 0 aromatic heterocycles. The second kappa shape index (κ2) is 7.07. The molecule has 94 valence electrons. The lowest BCUT2D eigenvalue weighted by molar-refractivity contribution is -0.137. The molecule has 0 aliphatic carbocycles. The number of rotatable bonds is 7. The molecular weight excluding hydrogens is 214 g/mol. The van der Waals surface area contributed by atoms with E-state index in [-0.39, 0.29) is 6.42 Å². The molecule has 0 fully saturated rings. The molecule has 0 aliphatic rings. The van der Waals surface area contributed by atoms with Crippen LogP contribution in [-0.4, -0.2) is 17.6 Å². The molecule has 3 heteroatoms. The van der Waals surface area contributed by atoms with Crippen molar-refractivity contribution in [2.45, 2.75) is 39.7 Å². The fraction of sp³-hybridized carbons (Fsp3) is 0.500. The Balaban J connectivity index is 2.20. The van der Waals surface area contributed by atoms with Crippen molar-refractivity contribution in [3.05, 3.63) is 34.9 Å². The first-order valence-corrected chi connectivity index (χ1v) is 6.08. The molecule has 1 aromatic rings. The van der Waals surface area contributed by atoms with E-state index >= 15 is 0 Å². The second-order valence-corrected chi connectivity index (χ2v) is 4.46. The Bertz CT molecular complexity index is 374. The highest BCUT2D eigenvalue weighted by Crippen LogP contribution is 2.10. The molecule has 0 atom stereocenters. The molecule has 1 rings (SSSR count). The molecule has 0 amide bonds. The van der Waals surface area contributed by atoms with Gasteiger partial charge >= 0.3 is 5.97 Å². The molecular formula is C14H21NO2. The van der Waals surface area contributed by atoms with Crippen molar-refractivity contribution in [1.29, 1.82) is 0 Å². The number of nitrogens with one attached hydrogen (secondary N) is 1. The van der Waals surface area contributed by atoms with Gasteiger partial charge < -0.3 is 10.4 Å². The van der Waals surface area contributed by atoms with Crippen LogP contribution in [0.3, 0.4) is 0 Å². The Morgan fingerprint density at radius 2 is 2.06 bits per heavy atom. The van der Waals surface area contributed by atoms with Crippen molar-refractivity contribution in [3.8, 4) is 0 Å². The van der Waals surface area contributed by atoms with Gasteiger partial charge in [-0.05, 0) is 44.4 Å². The molecule has 0 radical (unpaired) electrons. The largest absolute Gasteiger partial charge is 0.481 e. The highest BCUT2D eigenvalue weighted by Gasteiger charge is 1.99. The van der Waals surface area contributed by atoms with Crippen LogP contribution in [0, 0.1) is 13.8 Å². The third kappa shape index (κ3) is 5.50. The number of hydrogen-bond acceptors (Lipinski definition) is 2. The van der Waals surface area contributed by atoms with Crippen LogP contribution < -0.4 is 5.32 Å². The van der Waals surface area contributed by atoms with Crippen LogP contribution in [0.1, 0.15) is 36.0 Å². The van der Waals surface area contributed by atoms with Gasteiger partial charge in [-0.3, -0.25) is 4.79 Å². The number of carboxylic acids is 1. The Hall–Kier alpha value is -1.35. The minimum Gasteiger partial charge on any atom is -0.481 e. The van der Waals surface area contributed by atoms with Crippen LogP contribution in [0.25, 0.3) is 0 Å². The van der Waals surface area contributed by atoms with Gasteiger partial charge in [0.15, 0.2) is 0 Å². The standard InChI is InChI=1S/C14H21NO2/c1-11-6-7-13(12(2)9-11)10-15-8-4-3-5-14(16)17/h6-7,9,15H,3-5,8,10H2,1-2H3,(H,16,17). The summed E-state index contributed by atoms with van der Waals surface area (Å²) in [5.74, 6) is -0.709. The summed E-state index contributed by atoms with van der Waals surface area (Å²) in [6.07, 6.45) is 1.93. The van der Waals surface area contributed by atoms with E-state index < -0.39 is 5.97 Å². The van der Waals surface area contributed by atoms with E-state index in [0.717, 1.165) is 25.9 Å². The van der Waals surface area contributed by atoms with Gasteiger partial charge in [-0.15, -0.1) is 0 Å². The number of hydrogen-bond donors (Lipinski definition) is 2. The lowest BCUT2D eigenvalue weighted by Crippen LogP contribution is -2.15. The van der Waals surface area contributed by atoms with E-state index in [1.807, 2.05) is 0 Å². The molecule has 2 N–H and O–H groups in total. The molecule has 1 aromatic carbocycles. The molecule has 17 heavy (non-hydrogen) atoms. The van der Waals surface area contributed by atoms with Gasteiger partial charge in [-0.25, -0.2) is 0 Å². The fourth-order valence-electron chi connectivity index (χ4n) is 1.79. The van der Waals surface area contributed by atoms with Crippen LogP contribution in [0.2, 0.25) is 0 Å². The smallest absolute Gasteiger partial charge is 0.303 e. The van der Waals surface area contributed by atoms with Gasteiger partial charge in [0.2, 0.25) is 0 Å². The van der Waals surface area contributed by atoms with Gasteiger partial charge in [0.05, 0.1) is 0 Å². The first-order valence-electron chi connectivity index (χ1n) is 6.08. The molecule has 0 aliphatic heterocycles. The third-order valence-electron chi connectivity index (χ3n) is 2.81. The van der Waals surface area contributed by atoms with E-state index in [2.05, 4.69) is 37.4 Å². The predicted molar refractivity (Wildman–Crippen MR) is 69.1 cm³/mol. The normalized spacial score (nSPS) is 10.5. The third-order valence-corrected chi connectivity index (χ3v) is 2.81. The van der Waals surface area contributed by atoms with Crippen molar-refractivity contribution in [3.63, 3.8) is 0 Å². The van der Waals surface area contributed by atoms with Crippen molar-refractivity contribution in [2.75, 3.05) is 6.54 Å². The number of aryl methyl sites for hydroxylation is 2. The van der Waals surface area contributed by atoms with Gasteiger partial charge in [0, 0.05) is 13.0 Å². The zero-order valence-corrected chi connectivity index (χ0v) is 10.6. The summed E-state index contributed by atoms with van der Waals surface area (Å²) in [5, 5.41) is 11.8. The van der Waals surface area contributed by atoms with E-state index in [9.17, 15) is 4.79 Å². The Labute approximate surface area is 103 Å². The summed E-state index contributed by atoms with van der Waals surface area (Å²) in [6, 6.07) is 6.45. The number of unbranched alkanes of at least 4 members (excludes halogenated alkanes) is 1. The summed E-state index contributed by atoms with van der Waals surface area (Å²) in [5.41, 5.74) is 3.91. The molecule has 0 spiro atoms. The summed E-state index contributed by atoms with van der Waals surface area (Å²) in [4.78, 5) is 10.3. The average Bonchev–Trinajstić information content (AvgIpc) is 2.25. The van der Waals surface area contributed by atoms with Crippen molar-refractivity contribution in [1.82, 2.24) is 5.32 Å². The van der Waals surface area contributed by atoms with Crippen molar-refractivity contribution >= 4 is 5.97 Å². The first kappa shape index (κ1) is 13.7. The molecule has 3 nitrogen and oxygen atoms in total. The average molecular weight is 235 g/mol. The highest BCUT2D eigenvalue weighted by molar-refractivity contribution is 5.66. The van der Waals surface area contributed by atoms with Gasteiger partial charge in [0.25, 0.3) is 0 Å². The van der Waals surface area contributed by atoms with Crippen LogP contribution >= 0.6 is 0 Å². The van der Waals surface area contributed by atoms with E-state index in [4.69, 9.17) is 5.11 Å². The summed E-state index contributed by atoms with van der Waals surface area (Å²) < 4.78 is 0. The lowest BCUT2D eigenvalue weighted by Gasteiger charge is -2.08. The van der Waals surface area contributed by atoms with Crippen LogP contribution in [0.15, 0.2) is 18.2 Å². The zero-order valence-electron chi connectivity index (χ0n) is 10.6. The zero-order chi connectivity index (χ0) is 12.7. The molecule has 0 unspecified atom stereocenters. The van der Waals surface area contributed by atoms with Crippen LogP contribution in [0.4, 0.5) is 0 Å². The summed E-state index contributed by atoms with van der Waals surface area (Å²) in [7, 11) is 0.